The molecule has 0 aliphatic rings. The number of nitrogens with zero attached hydrogens (tertiary/aromatic N) is 1. The molecule has 11 nitrogen and oxygen atoms in total. The molecule has 0 aromatic heterocycles. The summed E-state index contributed by atoms with van der Waals surface area (Å²) in [5, 5.41) is 0.890. The van der Waals surface area contributed by atoms with Crippen LogP contribution in [0.15, 0.2) is 41.4 Å². The van der Waals surface area contributed by atoms with Gasteiger partial charge in [-0.1, -0.05) is 46.6 Å². The molecule has 18 heteroatoms. The molecule has 0 radical (unpaired) electrons. The Morgan fingerprint density at radius 1 is 1.17 bits per heavy atom. The maximum Gasteiger partial charge on any atom is 0.259 e. The van der Waals surface area contributed by atoms with Crippen LogP contribution >= 0.6 is 46.6 Å². The second-order valence-corrected chi connectivity index (χ2v) is 12.7. The first-order valence-electron chi connectivity index (χ1n) is 12.0. The summed E-state index contributed by atoms with van der Waals surface area (Å²) in [6.07, 6.45) is -0.0994. The SMILES string of the molecule is CCOCC(N)OC(Sc1ccc(Cl)c(Cl)c1)[C@H](CN(N)/C=C(\N)c1cc(F)c(Cl)c(F)c1)OCC(=O)NS(C)(=O)=O. The Morgan fingerprint density at radius 3 is 2.38 bits per heavy atom. The molecule has 234 valence electrons. The summed E-state index contributed by atoms with van der Waals surface area (Å²) >= 11 is 18.8. The monoisotopic (exact) mass is 691 g/mol. The lowest BCUT2D eigenvalue weighted by Crippen LogP contribution is -2.46. The van der Waals surface area contributed by atoms with E-state index in [1.165, 1.54) is 0 Å². The lowest BCUT2D eigenvalue weighted by molar-refractivity contribution is -0.131. The molecule has 7 N–H and O–H groups in total. The molecule has 0 fully saturated rings. The van der Waals surface area contributed by atoms with Gasteiger partial charge in [0.2, 0.25) is 10.0 Å². The Hall–Kier alpha value is -1.92. The fraction of sp³-hybridized carbons (Fsp3) is 0.375. The van der Waals surface area contributed by atoms with E-state index in [0.29, 0.717) is 16.5 Å². The molecular formula is C24H30Cl3F2N5O6S2. The van der Waals surface area contributed by atoms with Crippen LogP contribution in [0.1, 0.15) is 12.5 Å². The highest BCUT2D eigenvalue weighted by Gasteiger charge is 2.29. The van der Waals surface area contributed by atoms with Gasteiger partial charge in [-0.2, -0.15) is 0 Å². The molecule has 0 bridgehead atoms. The van der Waals surface area contributed by atoms with Gasteiger partial charge in [-0.15, -0.1) is 0 Å². The van der Waals surface area contributed by atoms with Crippen LogP contribution in [0, 0.1) is 11.6 Å². The third-order valence-electron chi connectivity index (χ3n) is 4.98. The number of thioether (sulfide) groups is 1. The zero-order valence-corrected chi connectivity index (χ0v) is 26.3. The maximum atomic E-state index is 14.0. The minimum Gasteiger partial charge on any atom is -0.397 e. The molecular weight excluding hydrogens is 663 g/mol. The third-order valence-corrected chi connectivity index (χ3v) is 7.85. The summed E-state index contributed by atoms with van der Waals surface area (Å²) < 4.78 is 69.7. The number of hydrogen-bond donors (Lipinski definition) is 4. The fourth-order valence-electron chi connectivity index (χ4n) is 3.19. The number of nitrogens with one attached hydrogen (secondary N) is 1. The van der Waals surface area contributed by atoms with Gasteiger partial charge < -0.3 is 30.7 Å². The van der Waals surface area contributed by atoms with Gasteiger partial charge in [0.05, 0.1) is 35.1 Å². The summed E-state index contributed by atoms with van der Waals surface area (Å²) in [5.74, 6) is 3.12. The second kappa shape index (κ2) is 16.8. The molecule has 2 unspecified atom stereocenters. The number of nitrogens with two attached hydrogens (primary N) is 3. The molecule has 2 aromatic carbocycles. The lowest BCUT2D eigenvalue weighted by Gasteiger charge is -2.31. The Balaban J connectivity index is 2.40. The number of amides is 1. The lowest BCUT2D eigenvalue weighted by atomic mass is 10.1. The van der Waals surface area contributed by atoms with E-state index < -0.39 is 57.0 Å². The number of hydrazine groups is 1. The van der Waals surface area contributed by atoms with Crippen LogP contribution < -0.4 is 22.0 Å². The average molecular weight is 693 g/mol. The highest BCUT2D eigenvalue weighted by molar-refractivity contribution is 7.99. The molecule has 0 heterocycles. The van der Waals surface area contributed by atoms with Crippen LogP contribution in [0.5, 0.6) is 0 Å². The summed E-state index contributed by atoms with van der Waals surface area (Å²) in [6.45, 7) is 1.16. The van der Waals surface area contributed by atoms with Gasteiger partial charge in [0.1, 0.15) is 41.0 Å². The van der Waals surface area contributed by atoms with Crippen molar-refractivity contribution in [2.24, 2.45) is 17.3 Å². The maximum absolute atomic E-state index is 14.0. The van der Waals surface area contributed by atoms with Crippen LogP contribution in [0.25, 0.3) is 5.70 Å². The van der Waals surface area contributed by atoms with Crippen molar-refractivity contribution in [3.8, 4) is 0 Å². The topological polar surface area (TPSA) is 172 Å². The highest BCUT2D eigenvalue weighted by atomic mass is 35.5. The van der Waals surface area contributed by atoms with Crippen molar-refractivity contribution in [2.75, 3.05) is 32.6 Å². The Labute approximate surface area is 261 Å². The van der Waals surface area contributed by atoms with Gasteiger partial charge in [-0.25, -0.2) is 23.0 Å². The number of sulfonamides is 1. The van der Waals surface area contributed by atoms with Crippen LogP contribution in [-0.4, -0.2) is 69.7 Å². The van der Waals surface area contributed by atoms with Crippen molar-refractivity contribution in [1.29, 1.82) is 0 Å². The van der Waals surface area contributed by atoms with E-state index in [9.17, 15) is 22.0 Å². The molecule has 0 saturated heterocycles. The molecule has 0 aliphatic heterocycles. The first kappa shape index (κ1) is 36.3. The van der Waals surface area contributed by atoms with Gasteiger partial charge in [0, 0.05) is 23.3 Å². The van der Waals surface area contributed by atoms with Crippen molar-refractivity contribution in [3.05, 3.63) is 68.8 Å². The molecule has 3 atom stereocenters. The van der Waals surface area contributed by atoms with Gasteiger partial charge in [-0.05, 0) is 37.3 Å². The number of hydrogen-bond acceptors (Lipinski definition) is 11. The van der Waals surface area contributed by atoms with Gasteiger partial charge in [0.15, 0.2) is 0 Å². The van der Waals surface area contributed by atoms with Gasteiger partial charge in [-0.3, -0.25) is 9.52 Å². The number of ether oxygens (including phenoxy) is 3. The summed E-state index contributed by atoms with van der Waals surface area (Å²) in [5.41, 5.74) is 10.9. The second-order valence-electron chi connectivity index (χ2n) is 8.58. The number of halogens is 5. The minimum absolute atomic E-state index is 0.00308. The number of benzene rings is 2. The van der Waals surface area contributed by atoms with E-state index >= 15 is 0 Å². The molecule has 0 spiro atoms. The average Bonchev–Trinajstić information content (AvgIpc) is 2.88. The standard InChI is InChI=1S/C24H30Cl3F2N5O6S2/c1-3-38-11-21(31)40-24(41-14-4-5-15(25)16(26)8-14)20(39-12-22(35)33-42(2,36)37)10-34(32)9-19(30)13-6-17(28)23(27)18(29)7-13/h4-9,20-21,24H,3,10-12,30-32H2,1-2H3,(H,33,35)/b19-9-/t20-,21?,24?/m0/s1. The van der Waals surface area contributed by atoms with Crippen molar-refractivity contribution >= 4 is 68.2 Å². The first-order chi connectivity index (χ1) is 19.6. The van der Waals surface area contributed by atoms with Crippen molar-refractivity contribution in [1.82, 2.24) is 9.73 Å². The molecule has 2 rings (SSSR count). The van der Waals surface area contributed by atoms with Gasteiger partial charge >= 0.3 is 0 Å². The van der Waals surface area contributed by atoms with Crippen LogP contribution in [-0.2, 0) is 29.0 Å². The van der Waals surface area contributed by atoms with E-state index in [2.05, 4.69) is 0 Å². The number of carbonyl (C=O) groups is 1. The van der Waals surface area contributed by atoms with Crippen LogP contribution in [0.4, 0.5) is 8.78 Å². The van der Waals surface area contributed by atoms with E-state index in [-0.39, 0.29) is 29.4 Å². The molecule has 2 aromatic rings. The Kier molecular flexibility index (Phi) is 14.5. The summed E-state index contributed by atoms with van der Waals surface area (Å²) in [7, 11) is -3.87. The predicted molar refractivity (Wildman–Crippen MR) is 159 cm³/mol. The number of carbonyl (C=O) groups excluding carboxylic acids is 1. The van der Waals surface area contributed by atoms with E-state index in [0.717, 1.165) is 41.4 Å². The van der Waals surface area contributed by atoms with E-state index in [1.807, 2.05) is 0 Å². The van der Waals surface area contributed by atoms with E-state index in [4.69, 9.17) is 66.3 Å². The van der Waals surface area contributed by atoms with Crippen LogP contribution in [0.2, 0.25) is 15.1 Å². The highest BCUT2D eigenvalue weighted by Crippen LogP contribution is 2.33. The van der Waals surface area contributed by atoms with Crippen molar-refractivity contribution < 1.29 is 36.2 Å². The normalized spacial score (nSPS) is 14.4. The zero-order chi connectivity index (χ0) is 31.6. The smallest absolute Gasteiger partial charge is 0.259 e. The fourth-order valence-corrected chi connectivity index (χ4v) is 5.25. The van der Waals surface area contributed by atoms with Crippen molar-refractivity contribution in [2.45, 2.75) is 29.6 Å². The Morgan fingerprint density at radius 2 is 1.81 bits per heavy atom. The summed E-state index contributed by atoms with van der Waals surface area (Å²) in [6, 6.07) is 6.62. The molecule has 0 saturated carbocycles. The first-order valence-corrected chi connectivity index (χ1v) is 15.9. The molecule has 42 heavy (non-hydrogen) atoms. The molecule has 1 amide bonds. The summed E-state index contributed by atoms with van der Waals surface area (Å²) in [4.78, 5) is 12.8. The quantitative estimate of drug-likeness (QED) is 0.0669. The Bertz CT molecular complexity index is 1350. The molecule has 0 aliphatic carbocycles. The number of rotatable bonds is 16. The third kappa shape index (κ3) is 12.4. The van der Waals surface area contributed by atoms with E-state index in [1.54, 1.807) is 29.8 Å². The van der Waals surface area contributed by atoms with Crippen molar-refractivity contribution in [3.63, 3.8) is 0 Å². The van der Waals surface area contributed by atoms with Crippen LogP contribution in [0.3, 0.4) is 0 Å². The predicted octanol–water partition coefficient (Wildman–Crippen LogP) is 3.28. The largest absolute Gasteiger partial charge is 0.397 e. The van der Waals surface area contributed by atoms with Gasteiger partial charge in [0.25, 0.3) is 5.91 Å². The zero-order valence-electron chi connectivity index (χ0n) is 22.4. The minimum atomic E-state index is -3.87.